The third kappa shape index (κ3) is 4.68. The van der Waals surface area contributed by atoms with E-state index < -0.39 is 18.8 Å². The van der Waals surface area contributed by atoms with Crippen molar-refractivity contribution in [3.63, 3.8) is 0 Å². The molecular weight excluding hydrogens is 409 g/mol. The van der Waals surface area contributed by atoms with Crippen LogP contribution in [0.2, 0.25) is 0 Å². The van der Waals surface area contributed by atoms with Crippen LogP contribution < -0.4 is 20.7 Å². The molecule has 0 spiro atoms. The second-order valence-electron chi connectivity index (χ2n) is 6.66. The molecule has 31 heavy (non-hydrogen) atoms. The summed E-state index contributed by atoms with van der Waals surface area (Å²) in [6.45, 7) is 0. The monoisotopic (exact) mass is 427 g/mol. The summed E-state index contributed by atoms with van der Waals surface area (Å²) in [5, 5.41) is 14.0. The summed E-state index contributed by atoms with van der Waals surface area (Å²) in [7, 11) is -0.978. The number of esters is 1. The Hall–Kier alpha value is -3.82. The van der Waals surface area contributed by atoms with Crippen molar-refractivity contribution in [1.29, 1.82) is 0 Å². The molecular formula is C25H18NO4P. The standard InChI is InChI=1S/C25H18NO4P/c27-25(30-20-17-15-19(16-18-20)26(28)29)23-13-7-8-14-24(23)31(21-9-3-1-4-10-21)22-11-5-2-6-12-22/h1-18H. The summed E-state index contributed by atoms with van der Waals surface area (Å²) in [6, 6.07) is 33.1. The lowest BCUT2D eigenvalue weighted by atomic mass is 10.2. The molecule has 4 aromatic carbocycles. The normalized spacial score (nSPS) is 10.6. The average Bonchev–Trinajstić information content (AvgIpc) is 2.81. The fraction of sp³-hybridized carbons (Fsp3) is 0. The van der Waals surface area contributed by atoms with Gasteiger partial charge in [-0.3, -0.25) is 10.1 Å². The number of benzene rings is 4. The molecule has 0 heterocycles. The predicted octanol–water partition coefficient (Wildman–Crippen LogP) is 4.57. The average molecular weight is 427 g/mol. The van der Waals surface area contributed by atoms with Crippen LogP contribution in [0.25, 0.3) is 0 Å². The lowest BCUT2D eigenvalue weighted by Crippen LogP contribution is -2.26. The maximum absolute atomic E-state index is 13.1. The summed E-state index contributed by atoms with van der Waals surface area (Å²) in [5.41, 5.74) is 0.413. The van der Waals surface area contributed by atoms with Gasteiger partial charge in [0.25, 0.3) is 5.69 Å². The summed E-state index contributed by atoms with van der Waals surface area (Å²) in [4.78, 5) is 23.4. The maximum Gasteiger partial charge on any atom is 0.344 e. The SMILES string of the molecule is O=C(Oc1ccc([N+](=O)[O-])cc1)c1ccccc1P(c1ccccc1)c1ccccc1. The lowest BCUT2D eigenvalue weighted by molar-refractivity contribution is -0.384. The van der Waals surface area contributed by atoms with Gasteiger partial charge in [0.05, 0.1) is 10.5 Å². The molecule has 0 aromatic heterocycles. The Morgan fingerprint density at radius 2 is 1.23 bits per heavy atom. The Bertz CT molecular complexity index is 1160. The van der Waals surface area contributed by atoms with Crippen LogP contribution >= 0.6 is 7.92 Å². The minimum absolute atomic E-state index is 0.0584. The minimum Gasteiger partial charge on any atom is -0.423 e. The fourth-order valence-electron chi connectivity index (χ4n) is 3.22. The van der Waals surface area contributed by atoms with Gasteiger partial charge in [-0.25, -0.2) is 4.79 Å². The van der Waals surface area contributed by atoms with Gasteiger partial charge in [-0.15, -0.1) is 0 Å². The first-order valence-electron chi connectivity index (χ1n) is 9.59. The summed E-state index contributed by atoms with van der Waals surface area (Å²) < 4.78 is 5.55. The van der Waals surface area contributed by atoms with E-state index >= 15 is 0 Å². The smallest absolute Gasteiger partial charge is 0.344 e. The van der Waals surface area contributed by atoms with Crippen molar-refractivity contribution in [2.24, 2.45) is 0 Å². The molecule has 0 aliphatic rings. The van der Waals surface area contributed by atoms with Crippen molar-refractivity contribution in [2.45, 2.75) is 0 Å². The van der Waals surface area contributed by atoms with E-state index in [0.29, 0.717) is 5.56 Å². The van der Waals surface area contributed by atoms with Crippen molar-refractivity contribution >= 4 is 35.5 Å². The van der Waals surface area contributed by atoms with Crippen molar-refractivity contribution in [3.05, 3.63) is 125 Å². The highest BCUT2D eigenvalue weighted by Gasteiger charge is 2.23. The van der Waals surface area contributed by atoms with Crippen LogP contribution in [0.15, 0.2) is 109 Å². The molecule has 4 rings (SSSR count). The number of nitro groups is 1. The fourth-order valence-corrected chi connectivity index (χ4v) is 5.66. The zero-order valence-corrected chi connectivity index (χ0v) is 17.3. The van der Waals surface area contributed by atoms with E-state index in [1.807, 2.05) is 48.5 Å². The quantitative estimate of drug-likeness (QED) is 0.149. The zero-order chi connectivity index (χ0) is 21.6. The van der Waals surface area contributed by atoms with E-state index in [9.17, 15) is 14.9 Å². The Balaban J connectivity index is 1.72. The molecule has 0 saturated carbocycles. The van der Waals surface area contributed by atoms with Gasteiger partial charge < -0.3 is 4.74 Å². The van der Waals surface area contributed by atoms with Crippen LogP contribution in [-0.2, 0) is 0 Å². The highest BCUT2D eigenvalue weighted by molar-refractivity contribution is 7.80. The first-order valence-corrected chi connectivity index (χ1v) is 10.9. The van der Waals surface area contributed by atoms with Gasteiger partial charge in [-0.1, -0.05) is 78.9 Å². The van der Waals surface area contributed by atoms with Crippen molar-refractivity contribution in [2.75, 3.05) is 0 Å². The largest absolute Gasteiger partial charge is 0.423 e. The van der Waals surface area contributed by atoms with Gasteiger partial charge in [0.2, 0.25) is 0 Å². The molecule has 4 aromatic rings. The van der Waals surface area contributed by atoms with Gasteiger partial charge >= 0.3 is 5.97 Å². The number of non-ortho nitro benzene ring substituents is 1. The molecule has 152 valence electrons. The van der Waals surface area contributed by atoms with Crippen molar-refractivity contribution < 1.29 is 14.5 Å². The van der Waals surface area contributed by atoms with Gasteiger partial charge in [0.1, 0.15) is 5.75 Å². The van der Waals surface area contributed by atoms with Crippen molar-refractivity contribution in [1.82, 2.24) is 0 Å². The number of carbonyl (C=O) groups excluding carboxylic acids is 1. The number of ether oxygens (including phenoxy) is 1. The van der Waals surface area contributed by atoms with Gasteiger partial charge in [0.15, 0.2) is 0 Å². The number of nitro benzene ring substituents is 1. The number of carbonyl (C=O) groups is 1. The molecule has 0 bridgehead atoms. The number of hydrogen-bond donors (Lipinski definition) is 0. The Morgan fingerprint density at radius 3 is 1.77 bits per heavy atom. The molecule has 0 radical (unpaired) electrons. The van der Waals surface area contributed by atoms with E-state index in [-0.39, 0.29) is 11.4 Å². The number of rotatable bonds is 6. The predicted molar refractivity (Wildman–Crippen MR) is 123 cm³/mol. The molecule has 0 aliphatic heterocycles. The molecule has 5 nitrogen and oxygen atoms in total. The third-order valence-corrected chi connectivity index (χ3v) is 7.15. The number of hydrogen-bond acceptors (Lipinski definition) is 4. The second kappa shape index (κ2) is 9.33. The topological polar surface area (TPSA) is 69.4 Å². The Kier molecular flexibility index (Phi) is 6.16. The molecule has 0 N–H and O–H groups in total. The lowest BCUT2D eigenvalue weighted by Gasteiger charge is -2.21. The summed E-state index contributed by atoms with van der Waals surface area (Å²) >= 11 is 0. The highest BCUT2D eigenvalue weighted by Crippen LogP contribution is 2.34. The first-order chi connectivity index (χ1) is 15.1. The highest BCUT2D eigenvalue weighted by atomic mass is 31.1. The summed E-state index contributed by atoms with van der Waals surface area (Å²) in [6.07, 6.45) is 0. The molecule has 0 unspecified atom stereocenters. The van der Waals surface area contributed by atoms with Gasteiger partial charge in [-0.2, -0.15) is 0 Å². The van der Waals surface area contributed by atoms with Gasteiger partial charge in [0, 0.05) is 12.1 Å². The zero-order valence-electron chi connectivity index (χ0n) is 16.4. The summed E-state index contributed by atoms with van der Waals surface area (Å²) in [5.74, 6) is -0.238. The second-order valence-corrected chi connectivity index (χ2v) is 8.85. The third-order valence-electron chi connectivity index (χ3n) is 4.65. The van der Waals surface area contributed by atoms with E-state index in [4.69, 9.17) is 4.74 Å². The molecule has 0 amide bonds. The van der Waals surface area contributed by atoms with E-state index in [1.54, 1.807) is 12.1 Å². The van der Waals surface area contributed by atoms with Crippen LogP contribution in [-0.4, -0.2) is 10.9 Å². The van der Waals surface area contributed by atoms with Crippen molar-refractivity contribution in [3.8, 4) is 5.75 Å². The molecule has 0 aliphatic carbocycles. The molecule has 0 saturated heterocycles. The number of nitrogens with zero attached hydrogens (tertiary/aromatic N) is 1. The molecule has 6 heteroatoms. The van der Waals surface area contributed by atoms with Crippen LogP contribution in [0, 0.1) is 10.1 Å². The Morgan fingerprint density at radius 1 is 0.710 bits per heavy atom. The van der Waals surface area contributed by atoms with E-state index in [2.05, 4.69) is 24.3 Å². The van der Waals surface area contributed by atoms with E-state index in [1.165, 1.54) is 24.3 Å². The van der Waals surface area contributed by atoms with Crippen LogP contribution in [0.5, 0.6) is 5.75 Å². The maximum atomic E-state index is 13.1. The van der Waals surface area contributed by atoms with Gasteiger partial charge in [-0.05, 0) is 42.0 Å². The van der Waals surface area contributed by atoms with Crippen LogP contribution in [0.3, 0.4) is 0 Å². The van der Waals surface area contributed by atoms with Crippen LogP contribution in [0.1, 0.15) is 10.4 Å². The minimum atomic E-state index is -0.978. The Labute approximate surface area is 180 Å². The molecule has 0 atom stereocenters. The van der Waals surface area contributed by atoms with E-state index in [0.717, 1.165) is 15.9 Å². The molecule has 0 fully saturated rings. The van der Waals surface area contributed by atoms with Crippen LogP contribution in [0.4, 0.5) is 5.69 Å². The first kappa shape index (κ1) is 20.5.